The van der Waals surface area contributed by atoms with Crippen molar-refractivity contribution in [1.82, 2.24) is 34.5 Å². The predicted octanol–water partition coefficient (Wildman–Crippen LogP) is 1.60. The Kier molecular flexibility index (Phi) is 4.28. The number of aromatic nitrogens is 6. The molecule has 0 unspecified atom stereocenters. The third-order valence-corrected chi connectivity index (χ3v) is 5.43. The van der Waals surface area contributed by atoms with E-state index in [0.29, 0.717) is 40.6 Å². The molecule has 0 radical (unpaired) electrons. The van der Waals surface area contributed by atoms with Gasteiger partial charge in [-0.3, -0.25) is 9.20 Å². The average Bonchev–Trinajstić information content (AvgIpc) is 3.06. The molecular formula is C21H24N8O. The van der Waals surface area contributed by atoms with Gasteiger partial charge in [0.1, 0.15) is 17.2 Å². The van der Waals surface area contributed by atoms with Crippen LogP contribution in [0.1, 0.15) is 25.2 Å². The summed E-state index contributed by atoms with van der Waals surface area (Å²) >= 11 is 0. The molecule has 1 N–H and O–H groups in total. The highest BCUT2D eigenvalue weighted by Gasteiger charge is 2.22. The average molecular weight is 404 g/mol. The first-order chi connectivity index (χ1) is 14.4. The quantitative estimate of drug-likeness (QED) is 0.542. The summed E-state index contributed by atoms with van der Waals surface area (Å²) in [5.41, 5.74) is 4.25. The molecule has 1 saturated heterocycles. The standard InChI is InChI=1S/C21H24N8O/c1-12-7-16(27-9-13(2)22-14(3)10-27)11-28-20(30)8-18(24-21(12)28)17-5-6-19-23-15(4)25-29(19)26-17/h5-8,11,13-14,22H,9-10H2,1-4H3/t13-,14-/m0/s1. The lowest BCUT2D eigenvalue weighted by Gasteiger charge is -2.37. The van der Waals surface area contributed by atoms with Crippen LogP contribution in [0.2, 0.25) is 0 Å². The van der Waals surface area contributed by atoms with Crippen LogP contribution in [0.3, 0.4) is 0 Å². The highest BCUT2D eigenvalue weighted by molar-refractivity contribution is 5.63. The molecule has 0 bridgehead atoms. The van der Waals surface area contributed by atoms with Gasteiger partial charge in [0.25, 0.3) is 5.56 Å². The molecule has 0 spiro atoms. The molecule has 0 amide bonds. The summed E-state index contributed by atoms with van der Waals surface area (Å²) in [6.07, 6.45) is 1.89. The van der Waals surface area contributed by atoms with Crippen LogP contribution in [0.5, 0.6) is 0 Å². The van der Waals surface area contributed by atoms with E-state index in [2.05, 4.69) is 45.3 Å². The number of anilines is 1. The van der Waals surface area contributed by atoms with Crippen molar-refractivity contribution in [2.75, 3.05) is 18.0 Å². The van der Waals surface area contributed by atoms with Crippen molar-refractivity contribution in [2.45, 2.75) is 39.8 Å². The minimum atomic E-state index is -0.132. The molecule has 0 saturated carbocycles. The van der Waals surface area contributed by atoms with E-state index in [0.717, 1.165) is 24.3 Å². The molecule has 5 heterocycles. The van der Waals surface area contributed by atoms with E-state index in [9.17, 15) is 4.79 Å². The van der Waals surface area contributed by atoms with Gasteiger partial charge in [0, 0.05) is 37.4 Å². The molecule has 0 aliphatic carbocycles. The van der Waals surface area contributed by atoms with Crippen molar-refractivity contribution >= 4 is 17.0 Å². The van der Waals surface area contributed by atoms with Gasteiger partial charge in [-0.1, -0.05) is 0 Å². The van der Waals surface area contributed by atoms with Crippen LogP contribution < -0.4 is 15.8 Å². The summed E-state index contributed by atoms with van der Waals surface area (Å²) in [7, 11) is 0. The van der Waals surface area contributed by atoms with Crippen LogP contribution >= 0.6 is 0 Å². The zero-order valence-electron chi connectivity index (χ0n) is 17.5. The van der Waals surface area contributed by atoms with Crippen LogP contribution in [-0.4, -0.2) is 54.4 Å². The maximum atomic E-state index is 13.0. The largest absolute Gasteiger partial charge is 0.367 e. The van der Waals surface area contributed by atoms with Crippen LogP contribution in [0.25, 0.3) is 22.7 Å². The Hall–Kier alpha value is -3.33. The van der Waals surface area contributed by atoms with E-state index in [1.807, 2.05) is 32.2 Å². The van der Waals surface area contributed by atoms with Crippen molar-refractivity contribution in [3.05, 3.63) is 52.2 Å². The second-order valence-electron chi connectivity index (χ2n) is 8.15. The minimum absolute atomic E-state index is 0.132. The van der Waals surface area contributed by atoms with Gasteiger partial charge in [0.15, 0.2) is 5.65 Å². The SMILES string of the molecule is Cc1nc2ccc(-c3cc(=O)n4cc(N5C[C@H](C)N[C@@H](C)C5)cc(C)c4n3)nn2n1. The molecule has 4 aromatic heterocycles. The fraction of sp³-hybridized carbons (Fsp3) is 0.381. The monoisotopic (exact) mass is 404 g/mol. The van der Waals surface area contributed by atoms with Gasteiger partial charge in [-0.15, -0.1) is 14.8 Å². The highest BCUT2D eigenvalue weighted by atomic mass is 16.1. The summed E-state index contributed by atoms with van der Waals surface area (Å²) < 4.78 is 3.10. The van der Waals surface area contributed by atoms with Gasteiger partial charge < -0.3 is 10.2 Å². The maximum absolute atomic E-state index is 13.0. The first-order valence-electron chi connectivity index (χ1n) is 10.1. The molecule has 4 aromatic rings. The molecule has 1 aliphatic heterocycles. The molecule has 154 valence electrons. The zero-order valence-corrected chi connectivity index (χ0v) is 17.5. The molecule has 1 fully saturated rings. The molecule has 0 aromatic carbocycles. The Morgan fingerprint density at radius 2 is 1.77 bits per heavy atom. The molecule has 5 rings (SSSR count). The first-order valence-corrected chi connectivity index (χ1v) is 10.1. The third-order valence-electron chi connectivity index (χ3n) is 5.43. The van der Waals surface area contributed by atoms with Gasteiger partial charge in [-0.2, -0.15) is 0 Å². The minimum Gasteiger partial charge on any atom is -0.367 e. The van der Waals surface area contributed by atoms with E-state index in [4.69, 9.17) is 4.98 Å². The number of fused-ring (bicyclic) bond motifs is 2. The Morgan fingerprint density at radius 3 is 2.53 bits per heavy atom. The summed E-state index contributed by atoms with van der Waals surface area (Å²) in [4.78, 5) is 24.3. The molecule has 9 heteroatoms. The smallest absolute Gasteiger partial charge is 0.258 e. The molecular weight excluding hydrogens is 380 g/mol. The van der Waals surface area contributed by atoms with Gasteiger partial charge in [0.2, 0.25) is 0 Å². The summed E-state index contributed by atoms with van der Waals surface area (Å²) in [6.45, 7) is 9.96. The van der Waals surface area contributed by atoms with E-state index < -0.39 is 0 Å². The number of nitrogens with zero attached hydrogens (tertiary/aromatic N) is 7. The summed E-state index contributed by atoms with van der Waals surface area (Å²) in [6, 6.07) is 8.06. The molecule has 30 heavy (non-hydrogen) atoms. The summed E-state index contributed by atoms with van der Waals surface area (Å²) in [5, 5.41) is 12.3. The lowest BCUT2D eigenvalue weighted by Crippen LogP contribution is -2.54. The van der Waals surface area contributed by atoms with Crippen molar-refractivity contribution in [3.63, 3.8) is 0 Å². The van der Waals surface area contributed by atoms with Crippen LogP contribution in [-0.2, 0) is 0 Å². The molecule has 1 aliphatic rings. The van der Waals surface area contributed by atoms with Crippen LogP contribution in [0, 0.1) is 13.8 Å². The number of hydrogen-bond donors (Lipinski definition) is 1. The van der Waals surface area contributed by atoms with Crippen molar-refractivity contribution in [3.8, 4) is 11.4 Å². The number of aryl methyl sites for hydroxylation is 2. The van der Waals surface area contributed by atoms with E-state index in [1.54, 1.807) is 4.40 Å². The van der Waals surface area contributed by atoms with Crippen molar-refractivity contribution in [2.24, 2.45) is 0 Å². The van der Waals surface area contributed by atoms with Crippen LogP contribution in [0.15, 0.2) is 35.3 Å². The normalized spacial score (nSPS) is 19.7. The molecule has 2 atom stereocenters. The zero-order chi connectivity index (χ0) is 21.0. The third kappa shape index (κ3) is 3.21. The Morgan fingerprint density at radius 1 is 1.00 bits per heavy atom. The first kappa shape index (κ1) is 18.7. The second kappa shape index (κ2) is 6.88. The van der Waals surface area contributed by atoms with E-state index in [1.165, 1.54) is 10.7 Å². The van der Waals surface area contributed by atoms with Crippen LogP contribution in [0.4, 0.5) is 5.69 Å². The number of pyridine rings is 1. The van der Waals surface area contributed by atoms with Crippen molar-refractivity contribution < 1.29 is 0 Å². The van der Waals surface area contributed by atoms with Gasteiger partial charge in [-0.05, 0) is 51.5 Å². The summed E-state index contributed by atoms with van der Waals surface area (Å²) in [5.74, 6) is 0.645. The maximum Gasteiger partial charge on any atom is 0.258 e. The fourth-order valence-electron chi connectivity index (χ4n) is 4.22. The van der Waals surface area contributed by atoms with Gasteiger partial charge in [-0.25, -0.2) is 9.97 Å². The second-order valence-corrected chi connectivity index (χ2v) is 8.15. The predicted molar refractivity (Wildman–Crippen MR) is 115 cm³/mol. The lowest BCUT2D eigenvalue weighted by molar-refractivity contribution is 0.406. The Labute approximate surface area is 173 Å². The van der Waals surface area contributed by atoms with Gasteiger partial charge >= 0.3 is 0 Å². The highest BCUT2D eigenvalue weighted by Crippen LogP contribution is 2.22. The number of nitrogens with one attached hydrogen (secondary N) is 1. The topological polar surface area (TPSA) is 92.7 Å². The number of hydrogen-bond acceptors (Lipinski definition) is 7. The fourth-order valence-corrected chi connectivity index (χ4v) is 4.22. The molecule has 9 nitrogen and oxygen atoms in total. The van der Waals surface area contributed by atoms with E-state index >= 15 is 0 Å². The number of rotatable bonds is 2. The Balaban J connectivity index is 1.60. The lowest BCUT2D eigenvalue weighted by atomic mass is 10.1. The Bertz CT molecular complexity index is 1310. The number of piperazine rings is 1. The van der Waals surface area contributed by atoms with Crippen molar-refractivity contribution in [1.29, 1.82) is 0 Å². The van der Waals surface area contributed by atoms with Gasteiger partial charge in [0.05, 0.1) is 11.4 Å². The van der Waals surface area contributed by atoms with E-state index in [-0.39, 0.29) is 5.56 Å².